The van der Waals surface area contributed by atoms with E-state index in [1.807, 2.05) is 24.3 Å². The van der Waals surface area contributed by atoms with Gasteiger partial charge >= 0.3 is 0 Å². The summed E-state index contributed by atoms with van der Waals surface area (Å²) >= 11 is 4.66. The minimum absolute atomic E-state index is 0.0327. The van der Waals surface area contributed by atoms with Gasteiger partial charge < -0.3 is 9.73 Å². The minimum atomic E-state index is 0.0327. The number of nitrogens with zero attached hydrogens (tertiary/aromatic N) is 2. The minimum Gasteiger partial charge on any atom is -0.411 e. The molecule has 0 saturated heterocycles. The molecule has 1 aromatic heterocycles. The highest BCUT2D eigenvalue weighted by molar-refractivity contribution is 9.10. The van der Waals surface area contributed by atoms with Crippen LogP contribution in [0.2, 0.25) is 0 Å². The Hall–Kier alpha value is -1.34. The Morgan fingerprint density at radius 2 is 1.96 bits per heavy atom. The molecule has 5 nitrogen and oxygen atoms in total. The Labute approximate surface area is 147 Å². The lowest BCUT2D eigenvalue weighted by atomic mass is 9.95. The van der Waals surface area contributed by atoms with Crippen LogP contribution in [0.3, 0.4) is 0 Å². The molecule has 1 saturated carbocycles. The Balaban J connectivity index is 1.50. The van der Waals surface area contributed by atoms with Crippen LogP contribution in [0.25, 0.3) is 11.5 Å². The molecule has 0 atom stereocenters. The highest BCUT2D eigenvalue weighted by atomic mass is 79.9. The molecule has 0 bridgehead atoms. The second-order valence-electron chi connectivity index (χ2n) is 5.57. The molecule has 1 aromatic carbocycles. The van der Waals surface area contributed by atoms with Crippen LogP contribution in [0.5, 0.6) is 0 Å². The lowest BCUT2D eigenvalue weighted by molar-refractivity contribution is -0.119. The predicted octanol–water partition coefficient (Wildman–Crippen LogP) is 4.04. The van der Waals surface area contributed by atoms with Gasteiger partial charge in [-0.2, -0.15) is 0 Å². The zero-order chi connectivity index (χ0) is 16.1. The number of rotatable bonds is 5. The average Bonchev–Trinajstić information content (AvgIpc) is 3.04. The van der Waals surface area contributed by atoms with E-state index in [9.17, 15) is 4.79 Å². The number of carbonyl (C=O) groups excluding carboxylic acids is 1. The normalized spacial score (nSPS) is 15.5. The summed E-state index contributed by atoms with van der Waals surface area (Å²) in [5, 5.41) is 11.5. The fourth-order valence-corrected chi connectivity index (χ4v) is 3.46. The second-order valence-corrected chi connectivity index (χ2v) is 7.41. The van der Waals surface area contributed by atoms with Gasteiger partial charge in [0.25, 0.3) is 5.22 Å². The summed E-state index contributed by atoms with van der Waals surface area (Å²) in [5.41, 5.74) is 0.860. The molecular weight excluding hydrogens is 378 g/mol. The highest BCUT2D eigenvalue weighted by Gasteiger charge is 2.17. The SMILES string of the molecule is O=C(CSc1nnc(-c2ccc(Br)cc2)o1)NC1CCCCC1. The summed E-state index contributed by atoms with van der Waals surface area (Å²) in [7, 11) is 0. The van der Waals surface area contributed by atoms with Gasteiger partial charge in [0.05, 0.1) is 5.75 Å². The fraction of sp³-hybridized carbons (Fsp3) is 0.438. The largest absolute Gasteiger partial charge is 0.411 e. The maximum absolute atomic E-state index is 12.0. The Kier molecular flexibility index (Phi) is 5.72. The van der Waals surface area contributed by atoms with Crippen molar-refractivity contribution >= 4 is 33.6 Å². The molecule has 1 N–H and O–H groups in total. The van der Waals surface area contributed by atoms with Gasteiger partial charge in [-0.15, -0.1) is 10.2 Å². The topological polar surface area (TPSA) is 68.0 Å². The summed E-state index contributed by atoms with van der Waals surface area (Å²) in [6.07, 6.45) is 5.87. The molecule has 23 heavy (non-hydrogen) atoms. The predicted molar refractivity (Wildman–Crippen MR) is 93.2 cm³/mol. The van der Waals surface area contributed by atoms with Crippen LogP contribution in [-0.4, -0.2) is 27.9 Å². The Bertz CT molecular complexity index is 654. The first-order valence-electron chi connectivity index (χ1n) is 7.72. The molecule has 0 spiro atoms. The van der Waals surface area contributed by atoms with E-state index in [0.717, 1.165) is 22.9 Å². The number of halogens is 1. The fourth-order valence-electron chi connectivity index (χ4n) is 2.62. The van der Waals surface area contributed by atoms with E-state index in [4.69, 9.17) is 4.42 Å². The number of aromatic nitrogens is 2. The van der Waals surface area contributed by atoms with Crippen LogP contribution >= 0.6 is 27.7 Å². The van der Waals surface area contributed by atoms with Crippen molar-refractivity contribution in [3.8, 4) is 11.5 Å². The van der Waals surface area contributed by atoms with Crippen LogP contribution in [-0.2, 0) is 4.79 Å². The third-order valence-electron chi connectivity index (χ3n) is 3.79. The standard InChI is InChI=1S/C16H18BrN3O2S/c17-12-8-6-11(7-9-12)15-19-20-16(22-15)23-10-14(21)18-13-4-2-1-3-5-13/h6-9,13H,1-5,10H2,(H,18,21). The maximum atomic E-state index is 12.0. The van der Waals surface area contributed by atoms with Crippen molar-refractivity contribution in [1.82, 2.24) is 15.5 Å². The molecule has 0 radical (unpaired) electrons. The highest BCUT2D eigenvalue weighted by Crippen LogP contribution is 2.24. The van der Waals surface area contributed by atoms with Gasteiger partial charge in [0.1, 0.15) is 0 Å². The van der Waals surface area contributed by atoms with Crippen molar-refractivity contribution in [3.05, 3.63) is 28.7 Å². The molecule has 0 unspecified atom stereocenters. The lowest BCUT2D eigenvalue weighted by Gasteiger charge is -2.22. The first kappa shape index (κ1) is 16.5. The number of amides is 1. The second kappa shape index (κ2) is 7.97. The summed E-state index contributed by atoms with van der Waals surface area (Å²) in [4.78, 5) is 12.0. The Morgan fingerprint density at radius 1 is 1.22 bits per heavy atom. The van der Waals surface area contributed by atoms with E-state index in [0.29, 0.717) is 22.9 Å². The Morgan fingerprint density at radius 3 is 2.70 bits per heavy atom. The van der Waals surface area contributed by atoms with Gasteiger partial charge in [-0.3, -0.25) is 4.79 Å². The van der Waals surface area contributed by atoms with E-state index in [2.05, 4.69) is 31.4 Å². The van der Waals surface area contributed by atoms with Gasteiger partial charge in [-0.1, -0.05) is 47.0 Å². The molecule has 1 fully saturated rings. The molecule has 7 heteroatoms. The molecule has 2 aromatic rings. The molecule has 122 valence electrons. The van der Waals surface area contributed by atoms with Crippen LogP contribution in [0, 0.1) is 0 Å². The molecule has 1 aliphatic rings. The zero-order valence-corrected chi connectivity index (χ0v) is 15.0. The van der Waals surface area contributed by atoms with Crippen molar-refractivity contribution in [2.24, 2.45) is 0 Å². The first-order valence-corrected chi connectivity index (χ1v) is 9.50. The van der Waals surface area contributed by atoms with Gasteiger partial charge in [0.15, 0.2) is 0 Å². The molecule has 1 amide bonds. The van der Waals surface area contributed by atoms with Gasteiger partial charge in [0.2, 0.25) is 11.8 Å². The van der Waals surface area contributed by atoms with Crippen molar-refractivity contribution in [2.45, 2.75) is 43.4 Å². The third kappa shape index (κ3) is 4.81. The number of thioether (sulfide) groups is 1. The van der Waals surface area contributed by atoms with Crippen molar-refractivity contribution in [1.29, 1.82) is 0 Å². The van der Waals surface area contributed by atoms with E-state index >= 15 is 0 Å². The van der Waals surface area contributed by atoms with Crippen molar-refractivity contribution in [3.63, 3.8) is 0 Å². The molecule has 1 aliphatic carbocycles. The van der Waals surface area contributed by atoms with Crippen LogP contribution in [0.15, 0.2) is 38.4 Å². The molecule has 1 heterocycles. The number of nitrogens with one attached hydrogen (secondary N) is 1. The smallest absolute Gasteiger partial charge is 0.277 e. The summed E-state index contributed by atoms with van der Waals surface area (Å²) < 4.78 is 6.59. The van der Waals surface area contributed by atoms with Crippen LogP contribution < -0.4 is 5.32 Å². The van der Waals surface area contributed by atoms with E-state index in [1.165, 1.54) is 31.0 Å². The lowest BCUT2D eigenvalue weighted by Crippen LogP contribution is -2.37. The third-order valence-corrected chi connectivity index (χ3v) is 5.14. The van der Waals surface area contributed by atoms with Crippen molar-refractivity contribution < 1.29 is 9.21 Å². The van der Waals surface area contributed by atoms with Crippen LogP contribution in [0.4, 0.5) is 0 Å². The van der Waals surface area contributed by atoms with Gasteiger partial charge in [0, 0.05) is 16.1 Å². The van der Waals surface area contributed by atoms with Gasteiger partial charge in [-0.25, -0.2) is 0 Å². The number of hydrogen-bond donors (Lipinski definition) is 1. The quantitative estimate of drug-likeness (QED) is 0.773. The van der Waals surface area contributed by atoms with Crippen molar-refractivity contribution in [2.75, 3.05) is 5.75 Å². The first-order chi connectivity index (χ1) is 11.2. The van der Waals surface area contributed by atoms with Crippen LogP contribution in [0.1, 0.15) is 32.1 Å². The van der Waals surface area contributed by atoms with E-state index in [1.54, 1.807) is 0 Å². The number of carbonyl (C=O) groups is 1. The summed E-state index contributed by atoms with van der Waals surface area (Å²) in [6, 6.07) is 7.98. The maximum Gasteiger partial charge on any atom is 0.277 e. The summed E-state index contributed by atoms with van der Waals surface area (Å²) in [6.45, 7) is 0. The average molecular weight is 396 g/mol. The number of benzene rings is 1. The summed E-state index contributed by atoms with van der Waals surface area (Å²) in [5.74, 6) is 0.802. The molecule has 3 rings (SSSR count). The molecule has 0 aliphatic heterocycles. The molecular formula is C16H18BrN3O2S. The van der Waals surface area contributed by atoms with E-state index in [-0.39, 0.29) is 5.91 Å². The number of hydrogen-bond acceptors (Lipinski definition) is 5. The monoisotopic (exact) mass is 395 g/mol. The van der Waals surface area contributed by atoms with E-state index < -0.39 is 0 Å². The van der Waals surface area contributed by atoms with Gasteiger partial charge in [-0.05, 0) is 37.1 Å². The zero-order valence-electron chi connectivity index (χ0n) is 12.6.